The predicted octanol–water partition coefficient (Wildman–Crippen LogP) is 0.898. The van der Waals surface area contributed by atoms with Crippen LogP contribution in [0, 0.1) is 5.92 Å². The average molecular weight is 313 g/mol. The Hall–Kier alpha value is -1.31. The van der Waals surface area contributed by atoms with Crippen LogP contribution in [0.3, 0.4) is 0 Å². The Balaban J connectivity index is 2.00. The molecular formula is C14H23N3O3S. The Labute approximate surface area is 126 Å². The second-order valence-electron chi connectivity index (χ2n) is 5.50. The third-order valence-electron chi connectivity index (χ3n) is 3.91. The molecule has 1 fully saturated rings. The number of nitrogens with two attached hydrogens (primary N) is 1. The monoisotopic (exact) mass is 313 g/mol. The molecule has 1 heterocycles. The van der Waals surface area contributed by atoms with Gasteiger partial charge in [0.1, 0.15) is 5.75 Å². The Morgan fingerprint density at radius 2 is 2.05 bits per heavy atom. The highest BCUT2D eigenvalue weighted by molar-refractivity contribution is 7.89. The van der Waals surface area contributed by atoms with E-state index >= 15 is 0 Å². The summed E-state index contributed by atoms with van der Waals surface area (Å²) in [5.74, 6) is 0.871. The van der Waals surface area contributed by atoms with E-state index in [0.29, 0.717) is 23.9 Å². The van der Waals surface area contributed by atoms with E-state index in [1.807, 2.05) is 0 Å². The molecular weight excluding hydrogens is 290 g/mol. The number of piperidine rings is 1. The van der Waals surface area contributed by atoms with Gasteiger partial charge in [0.15, 0.2) is 0 Å². The van der Waals surface area contributed by atoms with Gasteiger partial charge in [0.25, 0.3) is 0 Å². The van der Waals surface area contributed by atoms with Crippen LogP contribution in [0.15, 0.2) is 23.1 Å². The average Bonchev–Trinajstić information content (AvgIpc) is 2.46. The summed E-state index contributed by atoms with van der Waals surface area (Å²) < 4.78 is 32.3. The standard InChI is InChI=1S/C14H23N3O3S/c1-17-7-5-11(6-8-17)10-16-21(18,19)12-3-4-14(20-2)13(15)9-12/h3-4,9,11,16H,5-8,10,15H2,1-2H3. The lowest BCUT2D eigenvalue weighted by atomic mass is 9.98. The van der Waals surface area contributed by atoms with Crippen molar-refractivity contribution >= 4 is 15.7 Å². The van der Waals surface area contributed by atoms with Gasteiger partial charge < -0.3 is 15.4 Å². The van der Waals surface area contributed by atoms with Crippen LogP contribution in [0.4, 0.5) is 5.69 Å². The van der Waals surface area contributed by atoms with Crippen LogP contribution in [0.5, 0.6) is 5.75 Å². The summed E-state index contributed by atoms with van der Waals surface area (Å²) in [6.07, 6.45) is 2.04. The van der Waals surface area contributed by atoms with Crippen LogP contribution in [-0.4, -0.2) is 47.1 Å². The van der Waals surface area contributed by atoms with E-state index < -0.39 is 10.0 Å². The van der Waals surface area contributed by atoms with Crippen molar-refractivity contribution in [1.29, 1.82) is 0 Å². The van der Waals surface area contributed by atoms with Gasteiger partial charge in [0.05, 0.1) is 17.7 Å². The van der Waals surface area contributed by atoms with E-state index in [2.05, 4.69) is 16.7 Å². The minimum Gasteiger partial charge on any atom is -0.495 e. The van der Waals surface area contributed by atoms with Gasteiger partial charge in [-0.25, -0.2) is 13.1 Å². The Morgan fingerprint density at radius 3 is 2.62 bits per heavy atom. The Kier molecular flexibility index (Phi) is 5.08. The molecule has 1 saturated heterocycles. The molecule has 0 bridgehead atoms. The van der Waals surface area contributed by atoms with Gasteiger partial charge in [0.2, 0.25) is 10.0 Å². The van der Waals surface area contributed by atoms with Crippen molar-refractivity contribution in [3.63, 3.8) is 0 Å². The molecule has 0 radical (unpaired) electrons. The maximum absolute atomic E-state index is 12.3. The number of methoxy groups -OCH3 is 1. The van der Waals surface area contributed by atoms with Crippen molar-refractivity contribution in [2.75, 3.05) is 39.5 Å². The molecule has 0 aliphatic carbocycles. The molecule has 0 atom stereocenters. The third kappa shape index (κ3) is 4.09. The largest absolute Gasteiger partial charge is 0.495 e. The van der Waals surface area contributed by atoms with E-state index in [4.69, 9.17) is 10.5 Å². The lowest BCUT2D eigenvalue weighted by Gasteiger charge is -2.28. The van der Waals surface area contributed by atoms with E-state index in [9.17, 15) is 8.42 Å². The first kappa shape index (κ1) is 16.1. The fraction of sp³-hybridized carbons (Fsp3) is 0.571. The zero-order valence-corrected chi connectivity index (χ0v) is 13.3. The lowest BCUT2D eigenvalue weighted by molar-refractivity contribution is 0.220. The number of likely N-dealkylation sites (tertiary alicyclic amines) is 1. The first-order valence-electron chi connectivity index (χ1n) is 7.04. The van der Waals surface area contributed by atoms with Crippen LogP contribution in [-0.2, 0) is 10.0 Å². The summed E-state index contributed by atoms with van der Waals surface area (Å²) >= 11 is 0. The molecule has 0 saturated carbocycles. The topological polar surface area (TPSA) is 84.7 Å². The van der Waals surface area contributed by atoms with Crippen molar-refractivity contribution in [2.45, 2.75) is 17.7 Å². The van der Waals surface area contributed by atoms with Crippen molar-refractivity contribution < 1.29 is 13.2 Å². The van der Waals surface area contributed by atoms with Gasteiger partial charge in [-0.1, -0.05) is 0 Å². The molecule has 1 aromatic carbocycles. The summed E-state index contributed by atoms with van der Waals surface area (Å²) in [6.45, 7) is 2.51. The maximum Gasteiger partial charge on any atom is 0.240 e. The minimum atomic E-state index is -3.52. The van der Waals surface area contributed by atoms with Gasteiger partial charge in [-0.15, -0.1) is 0 Å². The fourth-order valence-electron chi connectivity index (χ4n) is 2.46. The number of nitrogens with zero attached hydrogens (tertiary/aromatic N) is 1. The van der Waals surface area contributed by atoms with Crippen LogP contribution < -0.4 is 15.2 Å². The molecule has 0 spiro atoms. The lowest BCUT2D eigenvalue weighted by Crippen LogP contribution is -2.36. The number of hydrogen-bond donors (Lipinski definition) is 2. The molecule has 0 aromatic heterocycles. The maximum atomic E-state index is 12.3. The van der Waals surface area contributed by atoms with Crippen molar-refractivity contribution in [3.05, 3.63) is 18.2 Å². The number of hydrogen-bond acceptors (Lipinski definition) is 5. The van der Waals surface area contributed by atoms with Crippen molar-refractivity contribution in [2.24, 2.45) is 5.92 Å². The third-order valence-corrected chi connectivity index (χ3v) is 5.33. The highest BCUT2D eigenvalue weighted by atomic mass is 32.2. The van der Waals surface area contributed by atoms with Gasteiger partial charge in [-0.3, -0.25) is 0 Å². The van der Waals surface area contributed by atoms with Gasteiger partial charge in [-0.2, -0.15) is 0 Å². The molecule has 3 N–H and O–H groups in total. The highest BCUT2D eigenvalue weighted by Crippen LogP contribution is 2.24. The van der Waals surface area contributed by atoms with Gasteiger partial charge in [-0.05, 0) is 57.1 Å². The first-order valence-corrected chi connectivity index (χ1v) is 8.52. The number of sulfonamides is 1. The molecule has 6 nitrogen and oxygen atoms in total. The molecule has 21 heavy (non-hydrogen) atoms. The summed E-state index contributed by atoms with van der Waals surface area (Å²) in [4.78, 5) is 2.43. The summed E-state index contributed by atoms with van der Waals surface area (Å²) in [7, 11) is 0.0623. The number of nitrogens with one attached hydrogen (secondary N) is 1. The first-order chi connectivity index (χ1) is 9.92. The fourth-order valence-corrected chi connectivity index (χ4v) is 3.61. The van der Waals surface area contributed by atoms with E-state index in [1.165, 1.54) is 19.2 Å². The zero-order valence-electron chi connectivity index (χ0n) is 12.5. The highest BCUT2D eigenvalue weighted by Gasteiger charge is 2.21. The molecule has 1 aromatic rings. The predicted molar refractivity (Wildman–Crippen MR) is 82.8 cm³/mol. The summed E-state index contributed by atoms with van der Waals surface area (Å²) in [5.41, 5.74) is 6.08. The molecule has 118 valence electrons. The van der Waals surface area contributed by atoms with Crippen LogP contribution >= 0.6 is 0 Å². The van der Waals surface area contributed by atoms with Gasteiger partial charge in [0, 0.05) is 6.54 Å². The van der Waals surface area contributed by atoms with Crippen molar-refractivity contribution in [3.8, 4) is 5.75 Å². The van der Waals surface area contributed by atoms with Gasteiger partial charge >= 0.3 is 0 Å². The van der Waals surface area contributed by atoms with E-state index in [1.54, 1.807) is 6.07 Å². The smallest absolute Gasteiger partial charge is 0.240 e. The second kappa shape index (κ2) is 6.64. The quantitative estimate of drug-likeness (QED) is 0.789. The Morgan fingerprint density at radius 1 is 1.38 bits per heavy atom. The minimum absolute atomic E-state index is 0.175. The molecule has 0 unspecified atom stereocenters. The normalized spacial score (nSPS) is 17.8. The summed E-state index contributed by atoms with van der Waals surface area (Å²) in [5, 5.41) is 0. The number of ether oxygens (including phenoxy) is 1. The van der Waals surface area contributed by atoms with Crippen molar-refractivity contribution in [1.82, 2.24) is 9.62 Å². The number of benzene rings is 1. The molecule has 0 amide bonds. The molecule has 7 heteroatoms. The summed E-state index contributed by atoms with van der Waals surface area (Å²) in [6, 6.07) is 4.50. The zero-order chi connectivity index (χ0) is 15.5. The molecule has 1 aliphatic rings. The number of rotatable bonds is 5. The number of nitrogen functional groups attached to an aromatic ring is 1. The second-order valence-corrected chi connectivity index (χ2v) is 7.27. The SMILES string of the molecule is COc1ccc(S(=O)(=O)NCC2CCN(C)CC2)cc1N. The molecule has 2 rings (SSSR count). The van der Waals surface area contributed by atoms with Crippen LogP contribution in [0.25, 0.3) is 0 Å². The van der Waals surface area contributed by atoms with Crippen LogP contribution in [0.1, 0.15) is 12.8 Å². The van der Waals surface area contributed by atoms with E-state index in [0.717, 1.165) is 25.9 Å². The van der Waals surface area contributed by atoms with Crippen LogP contribution in [0.2, 0.25) is 0 Å². The molecule has 1 aliphatic heterocycles. The van der Waals surface area contributed by atoms with E-state index in [-0.39, 0.29) is 4.90 Å². The number of anilines is 1. The Bertz CT molecular complexity index is 581.